The van der Waals surface area contributed by atoms with Crippen LogP contribution >= 0.6 is 24.0 Å². The molecular weight excluding hydrogens is 186 g/mol. The van der Waals surface area contributed by atoms with Gasteiger partial charge in [-0.15, -0.1) is 0 Å². The van der Waals surface area contributed by atoms with Gasteiger partial charge in [0.15, 0.2) is 0 Å². The van der Waals surface area contributed by atoms with Crippen LogP contribution in [0.25, 0.3) is 0 Å². The highest BCUT2D eigenvalue weighted by Crippen LogP contribution is 2.06. The zero-order valence-electron chi connectivity index (χ0n) is 7.71. The van der Waals surface area contributed by atoms with E-state index in [1.165, 1.54) is 37.9 Å². The van der Waals surface area contributed by atoms with Gasteiger partial charge < -0.3 is 0 Å². The summed E-state index contributed by atoms with van der Waals surface area (Å²) in [5.41, 5.74) is 0. The predicted octanol–water partition coefficient (Wildman–Crippen LogP) is 3.40. The fraction of sp³-hybridized carbons (Fsp3) is 0.889. The van der Waals surface area contributed by atoms with Crippen molar-refractivity contribution < 1.29 is 0 Å². The molecule has 1 nitrogen and oxygen atoms in total. The van der Waals surface area contributed by atoms with E-state index in [1.54, 1.807) is 0 Å². The summed E-state index contributed by atoms with van der Waals surface area (Å²) in [4.78, 5) is 3.87. The van der Waals surface area contributed by atoms with Crippen molar-refractivity contribution in [3.8, 4) is 0 Å². The Hall–Kier alpha value is 0.150. The zero-order valence-corrected chi connectivity index (χ0v) is 9.35. The van der Waals surface area contributed by atoms with Crippen molar-refractivity contribution >= 4 is 29.1 Å². The minimum absolute atomic E-state index is 0.867. The Morgan fingerprint density at radius 3 is 2.50 bits per heavy atom. The second-order valence-corrected chi connectivity index (χ2v) is 3.90. The van der Waals surface area contributed by atoms with Crippen LogP contribution in [0, 0.1) is 0 Å². The van der Waals surface area contributed by atoms with Crippen molar-refractivity contribution in [2.45, 2.75) is 32.1 Å². The fourth-order valence-electron chi connectivity index (χ4n) is 1.01. The Kier molecular flexibility index (Phi) is 11.3. The van der Waals surface area contributed by atoms with Gasteiger partial charge in [-0.3, -0.25) is 0 Å². The van der Waals surface area contributed by atoms with Crippen molar-refractivity contribution in [1.29, 1.82) is 0 Å². The maximum Gasteiger partial charge on any atom is 0.0584 e. The molecular formula is C9H17NS2. The first kappa shape index (κ1) is 12.2. The summed E-state index contributed by atoms with van der Waals surface area (Å²) in [7, 11) is 0. The topological polar surface area (TPSA) is 12.4 Å². The number of nitrogens with zero attached hydrogens (tertiary/aromatic N) is 1. The van der Waals surface area contributed by atoms with Crippen LogP contribution in [0.15, 0.2) is 4.99 Å². The minimum Gasteiger partial charge on any atom is -0.233 e. The quantitative estimate of drug-likeness (QED) is 0.340. The van der Waals surface area contributed by atoms with Gasteiger partial charge in [0, 0.05) is 6.54 Å². The van der Waals surface area contributed by atoms with E-state index < -0.39 is 0 Å². The second-order valence-electron chi connectivity index (χ2n) is 2.73. The van der Waals surface area contributed by atoms with Crippen molar-refractivity contribution in [2.24, 2.45) is 4.99 Å². The number of thioether (sulfide) groups is 1. The lowest BCUT2D eigenvalue weighted by molar-refractivity contribution is 0.642. The molecule has 0 fully saturated rings. The highest BCUT2D eigenvalue weighted by Gasteiger charge is 1.89. The molecule has 70 valence electrons. The lowest BCUT2D eigenvalue weighted by Gasteiger charge is -1.97. The maximum absolute atomic E-state index is 4.47. The summed E-state index contributed by atoms with van der Waals surface area (Å²) < 4.78 is 0. The van der Waals surface area contributed by atoms with Gasteiger partial charge in [0.2, 0.25) is 0 Å². The number of rotatable bonds is 8. The summed E-state index contributed by atoms with van der Waals surface area (Å²) >= 11 is 6.40. The van der Waals surface area contributed by atoms with Crippen molar-refractivity contribution in [3.63, 3.8) is 0 Å². The molecule has 0 saturated carbocycles. The number of aliphatic imine (C=N–C) groups is 1. The normalized spacial score (nSPS) is 9.42. The molecule has 0 aliphatic heterocycles. The van der Waals surface area contributed by atoms with E-state index in [4.69, 9.17) is 0 Å². The van der Waals surface area contributed by atoms with Crippen LogP contribution in [-0.4, -0.2) is 23.7 Å². The third-order valence-electron chi connectivity index (χ3n) is 1.68. The van der Waals surface area contributed by atoms with E-state index in [9.17, 15) is 0 Å². The SMILES string of the molecule is CSCCCCCCCN=C=S. The summed E-state index contributed by atoms with van der Waals surface area (Å²) in [6, 6.07) is 0. The largest absolute Gasteiger partial charge is 0.233 e. The highest BCUT2D eigenvalue weighted by molar-refractivity contribution is 7.98. The number of isothiocyanates is 1. The Bertz CT molecular complexity index is 130. The average molecular weight is 203 g/mol. The Labute approximate surface area is 85.0 Å². The first-order valence-electron chi connectivity index (χ1n) is 4.44. The first-order chi connectivity index (χ1) is 5.91. The van der Waals surface area contributed by atoms with Gasteiger partial charge in [0.1, 0.15) is 0 Å². The van der Waals surface area contributed by atoms with E-state index in [0.29, 0.717) is 0 Å². The van der Waals surface area contributed by atoms with Gasteiger partial charge in [-0.1, -0.05) is 19.3 Å². The Balaban J connectivity index is 2.86. The van der Waals surface area contributed by atoms with Crippen molar-refractivity contribution in [3.05, 3.63) is 0 Å². The van der Waals surface area contributed by atoms with E-state index in [2.05, 4.69) is 28.6 Å². The monoisotopic (exact) mass is 203 g/mol. The maximum atomic E-state index is 4.47. The van der Waals surface area contributed by atoms with Crippen LogP contribution in [-0.2, 0) is 0 Å². The molecule has 0 aliphatic carbocycles. The molecule has 0 spiro atoms. The molecule has 0 unspecified atom stereocenters. The molecule has 0 N–H and O–H groups in total. The van der Waals surface area contributed by atoms with Crippen LogP contribution in [0.3, 0.4) is 0 Å². The molecule has 0 bridgehead atoms. The van der Waals surface area contributed by atoms with Crippen LogP contribution in [0.1, 0.15) is 32.1 Å². The van der Waals surface area contributed by atoms with E-state index in [0.717, 1.165) is 6.54 Å². The number of hydrogen-bond acceptors (Lipinski definition) is 3. The third-order valence-corrected chi connectivity index (χ3v) is 2.51. The molecule has 0 rings (SSSR count). The zero-order chi connectivity index (χ0) is 9.07. The van der Waals surface area contributed by atoms with Gasteiger partial charge in [-0.05, 0) is 37.1 Å². The Morgan fingerprint density at radius 1 is 1.17 bits per heavy atom. The van der Waals surface area contributed by atoms with Gasteiger partial charge in [0.25, 0.3) is 0 Å². The number of hydrogen-bond donors (Lipinski definition) is 0. The van der Waals surface area contributed by atoms with E-state index in [1.807, 2.05) is 11.8 Å². The molecule has 12 heavy (non-hydrogen) atoms. The highest BCUT2D eigenvalue weighted by atomic mass is 32.2. The Morgan fingerprint density at radius 2 is 1.83 bits per heavy atom. The van der Waals surface area contributed by atoms with Gasteiger partial charge >= 0.3 is 0 Å². The molecule has 0 atom stereocenters. The first-order valence-corrected chi connectivity index (χ1v) is 6.24. The molecule has 0 amide bonds. The molecule has 0 aromatic heterocycles. The van der Waals surface area contributed by atoms with Crippen LogP contribution in [0.5, 0.6) is 0 Å². The molecule has 0 aromatic carbocycles. The van der Waals surface area contributed by atoms with E-state index in [-0.39, 0.29) is 0 Å². The van der Waals surface area contributed by atoms with Gasteiger partial charge in [-0.25, -0.2) is 4.99 Å². The van der Waals surface area contributed by atoms with Crippen molar-refractivity contribution in [2.75, 3.05) is 18.6 Å². The van der Waals surface area contributed by atoms with Crippen LogP contribution in [0.2, 0.25) is 0 Å². The molecule has 0 aliphatic rings. The van der Waals surface area contributed by atoms with Crippen LogP contribution < -0.4 is 0 Å². The molecule has 0 saturated heterocycles. The third kappa shape index (κ3) is 10.2. The van der Waals surface area contributed by atoms with Crippen molar-refractivity contribution in [1.82, 2.24) is 0 Å². The lowest BCUT2D eigenvalue weighted by atomic mass is 10.1. The smallest absolute Gasteiger partial charge is 0.0584 e. The fourth-order valence-corrected chi connectivity index (χ4v) is 1.60. The molecule has 3 heteroatoms. The molecule has 0 radical (unpaired) electrons. The van der Waals surface area contributed by atoms with Gasteiger partial charge in [-0.2, -0.15) is 11.8 Å². The van der Waals surface area contributed by atoms with Crippen LogP contribution in [0.4, 0.5) is 0 Å². The average Bonchev–Trinajstić information content (AvgIpc) is 2.10. The van der Waals surface area contributed by atoms with Gasteiger partial charge in [0.05, 0.1) is 5.16 Å². The summed E-state index contributed by atoms with van der Waals surface area (Å²) in [5, 5.41) is 2.38. The van der Waals surface area contributed by atoms with E-state index >= 15 is 0 Å². The molecule has 0 heterocycles. The summed E-state index contributed by atoms with van der Waals surface area (Å²) in [6.07, 6.45) is 8.68. The summed E-state index contributed by atoms with van der Waals surface area (Å²) in [5.74, 6) is 1.30. The minimum atomic E-state index is 0.867. The number of unbranched alkanes of at least 4 members (excludes halogenated alkanes) is 4. The standard InChI is InChI=1S/C9H17NS2/c1-12-8-6-4-2-3-5-7-10-9-11/h2-8H2,1H3. The predicted molar refractivity (Wildman–Crippen MR) is 61.4 cm³/mol. The second kappa shape index (κ2) is 11.2. The summed E-state index contributed by atoms with van der Waals surface area (Å²) in [6.45, 7) is 0.867. The number of thiocarbonyl (C=S) groups is 1. The lowest BCUT2D eigenvalue weighted by Crippen LogP contribution is -1.83. The molecule has 0 aromatic rings.